The molecule has 0 bridgehead atoms. The van der Waals surface area contributed by atoms with E-state index in [1.807, 2.05) is 30.3 Å². The van der Waals surface area contributed by atoms with E-state index in [0.717, 1.165) is 10.8 Å². The average molecular weight is 291 g/mol. The smallest absolute Gasteiger partial charge is 0.267 e. The van der Waals surface area contributed by atoms with Gasteiger partial charge >= 0.3 is 0 Å². The third-order valence-electron chi connectivity index (χ3n) is 3.22. The van der Waals surface area contributed by atoms with Crippen LogP contribution >= 0.6 is 0 Å². The van der Waals surface area contributed by atoms with Crippen molar-refractivity contribution in [3.05, 3.63) is 78.1 Å². The molecule has 0 spiro atoms. The van der Waals surface area contributed by atoms with Gasteiger partial charge in [-0.05, 0) is 29.0 Å². The Morgan fingerprint density at radius 2 is 1.50 bits per heavy atom. The van der Waals surface area contributed by atoms with Crippen molar-refractivity contribution >= 4 is 22.6 Å². The molecule has 0 aliphatic carbocycles. The summed E-state index contributed by atoms with van der Waals surface area (Å²) in [4.78, 5) is 28.0. The summed E-state index contributed by atoms with van der Waals surface area (Å²) in [5.41, 5.74) is 5.51. The van der Waals surface area contributed by atoms with E-state index in [4.69, 9.17) is 0 Å². The zero-order chi connectivity index (χ0) is 15.4. The standard InChI is InChI=1S/C17H13N3O2/c21-16(19-20-17(22)15-10-3-4-11-18-15)14-9-5-7-12-6-1-2-8-13(12)14/h1-11H,(H,19,21)(H,20,22). The lowest BCUT2D eigenvalue weighted by Gasteiger charge is -2.09. The summed E-state index contributed by atoms with van der Waals surface area (Å²) in [7, 11) is 0. The van der Waals surface area contributed by atoms with Crippen molar-refractivity contribution < 1.29 is 9.59 Å². The van der Waals surface area contributed by atoms with E-state index in [0.29, 0.717) is 5.56 Å². The van der Waals surface area contributed by atoms with Gasteiger partial charge in [-0.25, -0.2) is 0 Å². The average Bonchev–Trinajstić information content (AvgIpc) is 2.59. The fraction of sp³-hybridized carbons (Fsp3) is 0. The van der Waals surface area contributed by atoms with Crippen LogP contribution in [0.1, 0.15) is 20.8 Å². The maximum atomic E-state index is 12.2. The van der Waals surface area contributed by atoms with Gasteiger partial charge in [-0.2, -0.15) is 0 Å². The van der Waals surface area contributed by atoms with Gasteiger partial charge in [-0.15, -0.1) is 0 Å². The summed E-state index contributed by atoms with van der Waals surface area (Å²) in [5, 5.41) is 1.79. The SMILES string of the molecule is O=C(NNC(=O)c1cccc2ccccc12)c1ccccn1. The molecule has 22 heavy (non-hydrogen) atoms. The molecule has 5 heteroatoms. The number of carbonyl (C=O) groups is 2. The molecule has 2 aromatic carbocycles. The predicted molar refractivity (Wildman–Crippen MR) is 83.1 cm³/mol. The van der Waals surface area contributed by atoms with E-state index in [9.17, 15) is 9.59 Å². The molecule has 0 radical (unpaired) electrons. The van der Waals surface area contributed by atoms with Gasteiger partial charge in [-0.1, -0.05) is 42.5 Å². The number of rotatable bonds is 2. The fourth-order valence-corrected chi connectivity index (χ4v) is 2.17. The topological polar surface area (TPSA) is 71.1 Å². The Balaban J connectivity index is 1.76. The summed E-state index contributed by atoms with van der Waals surface area (Å²) in [6.45, 7) is 0. The van der Waals surface area contributed by atoms with E-state index < -0.39 is 5.91 Å². The largest absolute Gasteiger partial charge is 0.288 e. The lowest BCUT2D eigenvalue weighted by Crippen LogP contribution is -2.42. The number of pyridine rings is 1. The zero-order valence-electron chi connectivity index (χ0n) is 11.6. The second kappa shape index (κ2) is 6.05. The van der Waals surface area contributed by atoms with Gasteiger partial charge in [0.15, 0.2) is 0 Å². The van der Waals surface area contributed by atoms with Crippen LogP contribution in [-0.2, 0) is 0 Å². The van der Waals surface area contributed by atoms with Gasteiger partial charge in [0.1, 0.15) is 5.69 Å². The van der Waals surface area contributed by atoms with Gasteiger partial charge in [-0.3, -0.25) is 25.4 Å². The maximum Gasteiger partial charge on any atom is 0.288 e. The molecule has 108 valence electrons. The predicted octanol–water partition coefficient (Wildman–Crippen LogP) is 2.31. The van der Waals surface area contributed by atoms with Crippen molar-refractivity contribution in [1.29, 1.82) is 0 Å². The van der Waals surface area contributed by atoms with Crippen molar-refractivity contribution in [2.75, 3.05) is 0 Å². The number of aromatic nitrogens is 1. The Morgan fingerprint density at radius 1 is 0.773 bits per heavy atom. The molecule has 3 aromatic rings. The Hall–Kier alpha value is -3.21. The van der Waals surface area contributed by atoms with E-state index >= 15 is 0 Å². The highest BCUT2D eigenvalue weighted by Crippen LogP contribution is 2.18. The van der Waals surface area contributed by atoms with E-state index in [2.05, 4.69) is 15.8 Å². The molecule has 2 amide bonds. The first-order valence-corrected chi connectivity index (χ1v) is 6.75. The number of hydrogen-bond acceptors (Lipinski definition) is 3. The molecule has 1 heterocycles. The first-order chi connectivity index (χ1) is 10.8. The number of hydrazine groups is 1. The lowest BCUT2D eigenvalue weighted by atomic mass is 10.0. The molecule has 5 nitrogen and oxygen atoms in total. The minimum atomic E-state index is -0.464. The van der Waals surface area contributed by atoms with Crippen LogP contribution in [0.3, 0.4) is 0 Å². The number of hydrogen-bond donors (Lipinski definition) is 2. The van der Waals surface area contributed by atoms with Gasteiger partial charge in [0, 0.05) is 11.8 Å². The van der Waals surface area contributed by atoms with Gasteiger partial charge in [0.05, 0.1) is 0 Å². The Kier molecular flexibility index (Phi) is 3.78. The van der Waals surface area contributed by atoms with Crippen molar-refractivity contribution in [2.24, 2.45) is 0 Å². The highest BCUT2D eigenvalue weighted by molar-refractivity contribution is 6.07. The number of fused-ring (bicyclic) bond motifs is 1. The number of carbonyl (C=O) groups excluding carboxylic acids is 2. The number of nitrogens with zero attached hydrogens (tertiary/aromatic N) is 1. The molecule has 0 unspecified atom stereocenters. The summed E-state index contributed by atoms with van der Waals surface area (Å²) in [6, 6.07) is 18.0. The van der Waals surface area contributed by atoms with Gasteiger partial charge in [0.25, 0.3) is 11.8 Å². The minimum Gasteiger partial charge on any atom is -0.267 e. The van der Waals surface area contributed by atoms with Crippen LogP contribution in [0.5, 0.6) is 0 Å². The first-order valence-electron chi connectivity index (χ1n) is 6.75. The number of nitrogens with one attached hydrogen (secondary N) is 2. The van der Waals surface area contributed by atoms with Gasteiger partial charge < -0.3 is 0 Å². The highest BCUT2D eigenvalue weighted by Gasteiger charge is 2.11. The number of amides is 2. The summed E-state index contributed by atoms with van der Waals surface area (Å²) < 4.78 is 0. The second-order valence-corrected chi connectivity index (χ2v) is 4.65. The van der Waals surface area contributed by atoms with Crippen LogP contribution in [0.15, 0.2) is 66.9 Å². The van der Waals surface area contributed by atoms with E-state index in [1.165, 1.54) is 6.20 Å². The Bertz CT molecular complexity index is 826. The second-order valence-electron chi connectivity index (χ2n) is 4.65. The van der Waals surface area contributed by atoms with Crippen LogP contribution < -0.4 is 10.9 Å². The zero-order valence-corrected chi connectivity index (χ0v) is 11.6. The van der Waals surface area contributed by atoms with Crippen molar-refractivity contribution in [1.82, 2.24) is 15.8 Å². The molecule has 0 saturated carbocycles. The van der Waals surface area contributed by atoms with Crippen LogP contribution in [0.25, 0.3) is 10.8 Å². The molecule has 0 aliphatic heterocycles. The first kappa shape index (κ1) is 13.8. The summed E-state index contributed by atoms with van der Waals surface area (Å²) in [6.07, 6.45) is 1.52. The molecule has 1 aromatic heterocycles. The minimum absolute atomic E-state index is 0.237. The monoisotopic (exact) mass is 291 g/mol. The van der Waals surface area contributed by atoms with E-state index in [1.54, 1.807) is 30.3 Å². The summed E-state index contributed by atoms with van der Waals surface area (Å²) >= 11 is 0. The quantitative estimate of drug-likeness (QED) is 0.712. The van der Waals surface area contributed by atoms with E-state index in [-0.39, 0.29) is 11.6 Å². The third-order valence-corrected chi connectivity index (χ3v) is 3.22. The normalized spacial score (nSPS) is 10.2. The van der Waals surface area contributed by atoms with Crippen LogP contribution in [-0.4, -0.2) is 16.8 Å². The van der Waals surface area contributed by atoms with Gasteiger partial charge in [0.2, 0.25) is 0 Å². The summed E-state index contributed by atoms with van der Waals surface area (Å²) in [5.74, 6) is -0.838. The maximum absolute atomic E-state index is 12.2. The molecule has 0 atom stereocenters. The molecule has 2 N–H and O–H groups in total. The number of benzene rings is 2. The van der Waals surface area contributed by atoms with Crippen LogP contribution in [0.4, 0.5) is 0 Å². The molecule has 0 aliphatic rings. The molecular formula is C17H13N3O2. The molecule has 3 rings (SSSR count). The van der Waals surface area contributed by atoms with Crippen LogP contribution in [0.2, 0.25) is 0 Å². The Morgan fingerprint density at radius 3 is 2.32 bits per heavy atom. The highest BCUT2D eigenvalue weighted by atomic mass is 16.2. The third kappa shape index (κ3) is 2.78. The molecular weight excluding hydrogens is 278 g/mol. The Labute approximate surface area is 127 Å². The molecule has 0 fully saturated rings. The van der Waals surface area contributed by atoms with Crippen molar-refractivity contribution in [2.45, 2.75) is 0 Å². The lowest BCUT2D eigenvalue weighted by molar-refractivity contribution is 0.0845. The van der Waals surface area contributed by atoms with Crippen LogP contribution in [0, 0.1) is 0 Å². The van der Waals surface area contributed by atoms with Crippen molar-refractivity contribution in [3.63, 3.8) is 0 Å². The van der Waals surface area contributed by atoms with Crippen molar-refractivity contribution in [3.8, 4) is 0 Å². The molecule has 0 saturated heterocycles. The fourth-order valence-electron chi connectivity index (χ4n) is 2.17.